The summed E-state index contributed by atoms with van der Waals surface area (Å²) in [7, 11) is 1.50. The summed E-state index contributed by atoms with van der Waals surface area (Å²) in [5.41, 5.74) is 7.64. The summed E-state index contributed by atoms with van der Waals surface area (Å²) in [6.45, 7) is 2.33. The lowest BCUT2D eigenvalue weighted by Crippen LogP contribution is -2.65. The minimum atomic E-state index is -0.881. The zero-order valence-electron chi connectivity index (χ0n) is 20.0. The van der Waals surface area contributed by atoms with Crippen LogP contribution in [-0.4, -0.2) is 65.8 Å². The van der Waals surface area contributed by atoms with Crippen LogP contribution in [-0.2, 0) is 27.2 Å². The molecular formula is C26H32F2N4O3. The van der Waals surface area contributed by atoms with Crippen LogP contribution in [0, 0.1) is 11.6 Å². The lowest BCUT2D eigenvalue weighted by Gasteiger charge is -2.44. The molecule has 3 atom stereocenters. The molecule has 2 aromatic rings. The van der Waals surface area contributed by atoms with Gasteiger partial charge in [-0.3, -0.25) is 14.4 Å². The molecule has 3 N–H and O–H groups in total. The Labute approximate surface area is 204 Å². The molecular weight excluding hydrogens is 454 g/mol. The van der Waals surface area contributed by atoms with Crippen molar-refractivity contribution in [3.05, 3.63) is 71.3 Å². The molecule has 3 rings (SSSR count). The average Bonchev–Trinajstić information content (AvgIpc) is 2.85. The Morgan fingerprint density at radius 2 is 1.54 bits per heavy atom. The molecule has 3 amide bonds. The van der Waals surface area contributed by atoms with Crippen molar-refractivity contribution in [3.8, 4) is 0 Å². The third kappa shape index (κ3) is 6.42. The van der Waals surface area contributed by atoms with E-state index in [1.54, 1.807) is 24.3 Å². The number of nitrogens with zero attached hydrogens (tertiary/aromatic N) is 2. The highest BCUT2D eigenvalue weighted by atomic mass is 19.1. The van der Waals surface area contributed by atoms with Crippen molar-refractivity contribution < 1.29 is 23.2 Å². The van der Waals surface area contributed by atoms with Gasteiger partial charge in [-0.1, -0.05) is 37.6 Å². The molecule has 0 aromatic heterocycles. The molecule has 1 heterocycles. The minimum Gasteiger partial charge on any atom is -0.357 e. The zero-order chi connectivity index (χ0) is 25.5. The zero-order valence-corrected chi connectivity index (χ0v) is 20.0. The highest BCUT2D eigenvalue weighted by Crippen LogP contribution is 2.22. The molecule has 1 aliphatic heterocycles. The molecule has 7 nitrogen and oxygen atoms in total. The summed E-state index contributed by atoms with van der Waals surface area (Å²) >= 11 is 0. The van der Waals surface area contributed by atoms with Crippen molar-refractivity contribution in [1.29, 1.82) is 0 Å². The molecule has 3 unspecified atom stereocenters. The molecule has 1 aliphatic rings. The van der Waals surface area contributed by atoms with E-state index in [-0.39, 0.29) is 55.3 Å². The fourth-order valence-electron chi connectivity index (χ4n) is 4.46. The maximum Gasteiger partial charge on any atom is 0.246 e. The fraction of sp³-hybridized carbons (Fsp3) is 0.423. The Balaban J connectivity index is 1.78. The van der Waals surface area contributed by atoms with Crippen LogP contribution >= 0.6 is 0 Å². The number of carbonyl (C=O) groups excluding carboxylic acids is 3. The molecule has 9 heteroatoms. The largest absolute Gasteiger partial charge is 0.357 e. The molecule has 0 radical (unpaired) electrons. The summed E-state index contributed by atoms with van der Waals surface area (Å²) in [5.74, 6) is -1.74. The molecule has 188 valence electrons. The Morgan fingerprint density at radius 1 is 1.00 bits per heavy atom. The van der Waals surface area contributed by atoms with Crippen LogP contribution in [0.3, 0.4) is 0 Å². The number of likely N-dealkylation sites (N-methyl/N-ethyl adjacent to an activating group) is 1. The van der Waals surface area contributed by atoms with Gasteiger partial charge in [0.2, 0.25) is 17.7 Å². The summed E-state index contributed by atoms with van der Waals surface area (Å²) in [6, 6.07) is 9.20. The maximum absolute atomic E-state index is 13.6. The van der Waals surface area contributed by atoms with Gasteiger partial charge in [0.15, 0.2) is 0 Å². The number of halogens is 2. The first-order valence-electron chi connectivity index (χ1n) is 11.8. The second-order valence-electron chi connectivity index (χ2n) is 8.77. The number of benzene rings is 2. The highest BCUT2D eigenvalue weighted by molar-refractivity contribution is 5.94. The quantitative estimate of drug-likeness (QED) is 0.567. The molecule has 0 spiro atoms. The van der Waals surface area contributed by atoms with Gasteiger partial charge in [-0.2, -0.15) is 0 Å². The molecule has 0 aliphatic carbocycles. The highest BCUT2D eigenvalue weighted by Gasteiger charge is 2.42. The predicted octanol–water partition coefficient (Wildman–Crippen LogP) is 2.03. The smallest absolute Gasteiger partial charge is 0.246 e. The Bertz CT molecular complexity index is 1030. The van der Waals surface area contributed by atoms with E-state index >= 15 is 0 Å². The van der Waals surface area contributed by atoms with Crippen molar-refractivity contribution in [2.24, 2.45) is 5.73 Å². The van der Waals surface area contributed by atoms with Gasteiger partial charge in [-0.05, 0) is 48.2 Å². The van der Waals surface area contributed by atoms with Crippen molar-refractivity contribution in [2.75, 3.05) is 20.1 Å². The van der Waals surface area contributed by atoms with Crippen molar-refractivity contribution in [3.63, 3.8) is 0 Å². The van der Waals surface area contributed by atoms with Gasteiger partial charge in [0.05, 0.1) is 6.04 Å². The molecule has 1 saturated heterocycles. The van der Waals surface area contributed by atoms with E-state index < -0.39 is 18.1 Å². The number of hydrogen-bond donors (Lipinski definition) is 2. The number of rotatable bonds is 9. The summed E-state index contributed by atoms with van der Waals surface area (Å²) in [5, 5.41) is 2.61. The standard InChI is InChI=1S/C26H32F2N4O3/c1-3-4-22-26(35)32(23(24(33)30-2)16-18-7-11-20(28)12-8-18)14-13-31(22)25(34)21(29)15-17-5-9-19(27)10-6-17/h5-12,21-23H,3-4,13-16,29H2,1-2H3,(H,30,33). The second-order valence-corrected chi connectivity index (χ2v) is 8.77. The van der Waals surface area contributed by atoms with Crippen LogP contribution in [0.2, 0.25) is 0 Å². The van der Waals surface area contributed by atoms with Gasteiger partial charge in [0.1, 0.15) is 23.7 Å². The lowest BCUT2D eigenvalue weighted by atomic mass is 9.97. The van der Waals surface area contributed by atoms with E-state index in [1.165, 1.54) is 41.1 Å². The number of carbonyl (C=O) groups is 3. The number of hydrogen-bond acceptors (Lipinski definition) is 4. The summed E-state index contributed by atoms with van der Waals surface area (Å²) in [6.07, 6.45) is 1.53. The molecule has 2 aromatic carbocycles. The number of nitrogens with two attached hydrogens (primary N) is 1. The van der Waals surface area contributed by atoms with Crippen LogP contribution < -0.4 is 11.1 Å². The molecule has 35 heavy (non-hydrogen) atoms. The predicted molar refractivity (Wildman–Crippen MR) is 128 cm³/mol. The fourth-order valence-corrected chi connectivity index (χ4v) is 4.46. The third-order valence-corrected chi connectivity index (χ3v) is 6.33. The number of amides is 3. The van der Waals surface area contributed by atoms with Crippen molar-refractivity contribution in [2.45, 2.75) is 50.7 Å². The first-order valence-corrected chi connectivity index (χ1v) is 11.8. The molecule has 0 saturated carbocycles. The molecule has 0 bridgehead atoms. The van der Waals surface area contributed by atoms with Crippen LogP contribution in [0.4, 0.5) is 8.78 Å². The Hall–Kier alpha value is -3.33. The van der Waals surface area contributed by atoms with Crippen LogP contribution in [0.25, 0.3) is 0 Å². The van der Waals surface area contributed by atoms with Crippen molar-refractivity contribution in [1.82, 2.24) is 15.1 Å². The van der Waals surface area contributed by atoms with Crippen LogP contribution in [0.15, 0.2) is 48.5 Å². The van der Waals surface area contributed by atoms with Gasteiger partial charge in [0, 0.05) is 26.6 Å². The van der Waals surface area contributed by atoms with Crippen LogP contribution in [0.1, 0.15) is 30.9 Å². The Kier molecular flexibility index (Phi) is 8.92. The minimum absolute atomic E-state index is 0.174. The van der Waals surface area contributed by atoms with E-state index in [2.05, 4.69) is 5.32 Å². The second kappa shape index (κ2) is 11.9. The first kappa shape index (κ1) is 26.3. The van der Waals surface area contributed by atoms with Gasteiger partial charge < -0.3 is 20.9 Å². The average molecular weight is 487 g/mol. The van der Waals surface area contributed by atoms with E-state index in [0.717, 1.165) is 11.1 Å². The van der Waals surface area contributed by atoms with Gasteiger partial charge >= 0.3 is 0 Å². The topological polar surface area (TPSA) is 95.7 Å². The van der Waals surface area contributed by atoms with Gasteiger partial charge in [-0.25, -0.2) is 8.78 Å². The Morgan fingerprint density at radius 3 is 2.06 bits per heavy atom. The first-order chi connectivity index (χ1) is 16.7. The van der Waals surface area contributed by atoms with Gasteiger partial charge in [-0.15, -0.1) is 0 Å². The van der Waals surface area contributed by atoms with Crippen molar-refractivity contribution >= 4 is 17.7 Å². The summed E-state index contributed by atoms with van der Waals surface area (Å²) in [4.78, 5) is 42.6. The lowest BCUT2D eigenvalue weighted by molar-refractivity contribution is -0.156. The van der Waals surface area contributed by atoms with E-state index in [9.17, 15) is 23.2 Å². The van der Waals surface area contributed by atoms with Gasteiger partial charge in [0.25, 0.3) is 0 Å². The van der Waals surface area contributed by atoms with E-state index in [4.69, 9.17) is 5.73 Å². The normalized spacial score (nSPS) is 17.7. The SMILES string of the molecule is CCCC1C(=O)N(C(Cc2ccc(F)cc2)C(=O)NC)CCN1C(=O)C(N)Cc1ccc(F)cc1. The monoisotopic (exact) mass is 486 g/mol. The summed E-state index contributed by atoms with van der Waals surface area (Å²) < 4.78 is 26.5. The third-order valence-electron chi connectivity index (χ3n) is 6.33. The number of nitrogens with one attached hydrogen (secondary N) is 1. The number of piperazine rings is 1. The molecule has 1 fully saturated rings. The van der Waals surface area contributed by atoms with E-state index in [0.29, 0.717) is 12.8 Å². The van der Waals surface area contributed by atoms with Crippen LogP contribution in [0.5, 0.6) is 0 Å². The van der Waals surface area contributed by atoms with E-state index in [1.807, 2.05) is 6.92 Å². The maximum atomic E-state index is 13.6.